The van der Waals surface area contributed by atoms with Crippen molar-refractivity contribution >= 4 is 23.3 Å². The standard InChI is InChI=1S/C21H18N6OS/c28-19(23-17-10-14-4-1-2-5-15(14)11-17)13-29-20-8-7-18-24-25-21(27(18)26-20)16-6-3-9-22-12-16/h1-9,12,17H,10-11,13H2,(H,23,28). The minimum atomic E-state index is 0.0194. The molecule has 1 N–H and O–H groups in total. The topological polar surface area (TPSA) is 85.1 Å². The molecular weight excluding hydrogens is 384 g/mol. The van der Waals surface area contributed by atoms with Crippen molar-refractivity contribution in [3.05, 3.63) is 72.1 Å². The number of amides is 1. The highest BCUT2D eigenvalue weighted by atomic mass is 32.2. The summed E-state index contributed by atoms with van der Waals surface area (Å²) in [5, 5.41) is 16.8. The Balaban J connectivity index is 1.25. The van der Waals surface area contributed by atoms with E-state index in [1.54, 1.807) is 16.9 Å². The summed E-state index contributed by atoms with van der Waals surface area (Å²) >= 11 is 1.40. The molecule has 0 unspecified atom stereocenters. The van der Waals surface area contributed by atoms with Crippen molar-refractivity contribution in [1.29, 1.82) is 0 Å². The molecule has 0 saturated heterocycles. The fourth-order valence-electron chi connectivity index (χ4n) is 3.59. The maximum Gasteiger partial charge on any atom is 0.230 e. The van der Waals surface area contributed by atoms with E-state index >= 15 is 0 Å². The van der Waals surface area contributed by atoms with Gasteiger partial charge in [-0.15, -0.1) is 10.2 Å². The van der Waals surface area contributed by atoms with Crippen molar-refractivity contribution in [2.75, 3.05) is 5.75 Å². The van der Waals surface area contributed by atoms with Gasteiger partial charge in [-0.3, -0.25) is 9.78 Å². The van der Waals surface area contributed by atoms with Gasteiger partial charge in [0.05, 0.1) is 5.75 Å². The molecule has 29 heavy (non-hydrogen) atoms. The summed E-state index contributed by atoms with van der Waals surface area (Å²) in [5.74, 6) is 0.963. The van der Waals surface area contributed by atoms with E-state index in [2.05, 4.69) is 37.7 Å². The molecule has 144 valence electrons. The van der Waals surface area contributed by atoms with Gasteiger partial charge in [0.25, 0.3) is 0 Å². The van der Waals surface area contributed by atoms with Crippen molar-refractivity contribution in [2.24, 2.45) is 0 Å². The Morgan fingerprint density at radius 3 is 2.66 bits per heavy atom. The molecule has 1 aliphatic rings. The number of hydrogen-bond donors (Lipinski definition) is 1. The van der Waals surface area contributed by atoms with E-state index in [1.165, 1.54) is 22.9 Å². The monoisotopic (exact) mass is 402 g/mol. The maximum absolute atomic E-state index is 12.4. The molecule has 0 spiro atoms. The minimum Gasteiger partial charge on any atom is -0.352 e. The first-order valence-corrected chi connectivity index (χ1v) is 10.4. The average molecular weight is 402 g/mol. The van der Waals surface area contributed by atoms with Gasteiger partial charge in [-0.2, -0.15) is 9.61 Å². The molecule has 0 aliphatic heterocycles. The molecule has 5 rings (SSSR count). The van der Waals surface area contributed by atoms with Crippen molar-refractivity contribution < 1.29 is 4.79 Å². The predicted octanol–water partition coefficient (Wildman–Crippen LogP) is 2.56. The van der Waals surface area contributed by atoms with Gasteiger partial charge >= 0.3 is 0 Å². The molecule has 0 saturated carbocycles. The number of fused-ring (bicyclic) bond motifs is 2. The Morgan fingerprint density at radius 1 is 1.07 bits per heavy atom. The first-order chi connectivity index (χ1) is 14.3. The molecule has 0 radical (unpaired) electrons. The van der Waals surface area contributed by atoms with Crippen molar-refractivity contribution in [2.45, 2.75) is 23.9 Å². The van der Waals surface area contributed by atoms with Gasteiger partial charge in [0.2, 0.25) is 5.91 Å². The fraction of sp³-hybridized carbons (Fsp3) is 0.190. The van der Waals surface area contributed by atoms with E-state index in [1.807, 2.05) is 36.4 Å². The summed E-state index contributed by atoms with van der Waals surface area (Å²) in [5.41, 5.74) is 4.15. The van der Waals surface area contributed by atoms with E-state index in [0.717, 1.165) is 23.4 Å². The molecule has 4 aromatic rings. The van der Waals surface area contributed by atoms with Gasteiger partial charge in [0, 0.05) is 24.0 Å². The molecule has 1 aromatic carbocycles. The average Bonchev–Trinajstić information content (AvgIpc) is 3.36. The third-order valence-electron chi connectivity index (χ3n) is 4.93. The number of carbonyl (C=O) groups is 1. The van der Waals surface area contributed by atoms with Gasteiger partial charge in [0.1, 0.15) is 5.03 Å². The Labute approximate surface area is 171 Å². The zero-order chi connectivity index (χ0) is 19.6. The number of pyridine rings is 1. The molecule has 7 nitrogen and oxygen atoms in total. The van der Waals surface area contributed by atoms with Gasteiger partial charge in [0.15, 0.2) is 11.5 Å². The number of aromatic nitrogens is 5. The second-order valence-electron chi connectivity index (χ2n) is 6.94. The van der Waals surface area contributed by atoms with Crippen LogP contribution in [0, 0.1) is 0 Å². The second kappa shape index (κ2) is 7.63. The van der Waals surface area contributed by atoms with E-state index in [4.69, 9.17) is 0 Å². The molecule has 1 aliphatic carbocycles. The number of benzene rings is 1. The van der Waals surface area contributed by atoms with E-state index < -0.39 is 0 Å². The molecule has 1 amide bonds. The van der Waals surface area contributed by atoms with Gasteiger partial charge in [-0.05, 0) is 48.2 Å². The Morgan fingerprint density at radius 2 is 1.90 bits per heavy atom. The van der Waals surface area contributed by atoms with E-state index in [0.29, 0.717) is 17.2 Å². The van der Waals surface area contributed by atoms with Gasteiger partial charge in [-0.25, -0.2) is 0 Å². The Hall–Kier alpha value is -3.26. The van der Waals surface area contributed by atoms with Crippen LogP contribution in [-0.4, -0.2) is 42.5 Å². The molecule has 0 bridgehead atoms. The van der Waals surface area contributed by atoms with Crippen molar-refractivity contribution in [3.63, 3.8) is 0 Å². The van der Waals surface area contributed by atoms with Gasteiger partial charge in [-0.1, -0.05) is 36.0 Å². The quantitative estimate of drug-likeness (QED) is 0.517. The highest BCUT2D eigenvalue weighted by Crippen LogP contribution is 2.23. The third kappa shape index (κ3) is 3.71. The van der Waals surface area contributed by atoms with Gasteiger partial charge < -0.3 is 5.32 Å². The SMILES string of the molecule is O=C(CSc1ccc2nnc(-c3cccnc3)n2n1)NC1Cc2ccccc2C1. The molecule has 8 heteroatoms. The lowest BCUT2D eigenvalue weighted by atomic mass is 10.1. The van der Waals surface area contributed by atoms with Crippen molar-refractivity contribution in [1.82, 2.24) is 30.1 Å². The van der Waals surface area contributed by atoms with Crippen LogP contribution in [0.4, 0.5) is 0 Å². The molecular formula is C21H18N6OS. The number of carbonyl (C=O) groups excluding carboxylic acids is 1. The maximum atomic E-state index is 12.4. The molecule has 3 heterocycles. The van der Waals surface area contributed by atoms with Crippen LogP contribution in [0.3, 0.4) is 0 Å². The molecule has 0 fully saturated rings. The van der Waals surface area contributed by atoms with Crippen LogP contribution in [0.15, 0.2) is 66.0 Å². The zero-order valence-electron chi connectivity index (χ0n) is 15.5. The van der Waals surface area contributed by atoms with Crippen LogP contribution < -0.4 is 5.32 Å². The minimum absolute atomic E-state index is 0.0194. The third-order valence-corrected chi connectivity index (χ3v) is 5.85. The largest absolute Gasteiger partial charge is 0.352 e. The first-order valence-electron chi connectivity index (χ1n) is 9.38. The van der Waals surface area contributed by atoms with Crippen LogP contribution in [0.2, 0.25) is 0 Å². The lowest BCUT2D eigenvalue weighted by molar-refractivity contribution is -0.119. The normalized spacial score (nSPS) is 13.5. The van der Waals surface area contributed by atoms with Crippen LogP contribution in [0.1, 0.15) is 11.1 Å². The number of nitrogens with one attached hydrogen (secondary N) is 1. The Kier molecular flexibility index (Phi) is 4.69. The predicted molar refractivity (Wildman–Crippen MR) is 111 cm³/mol. The molecule has 3 aromatic heterocycles. The summed E-state index contributed by atoms with van der Waals surface area (Å²) in [4.78, 5) is 16.6. The van der Waals surface area contributed by atoms with Crippen LogP contribution in [0.25, 0.3) is 17.0 Å². The smallest absolute Gasteiger partial charge is 0.230 e. The number of rotatable bonds is 5. The summed E-state index contributed by atoms with van der Waals surface area (Å²) in [6.45, 7) is 0. The zero-order valence-corrected chi connectivity index (χ0v) is 16.3. The number of hydrogen-bond acceptors (Lipinski definition) is 6. The summed E-state index contributed by atoms with van der Waals surface area (Å²) in [6, 6.07) is 16.0. The first kappa shape index (κ1) is 17.8. The van der Waals surface area contributed by atoms with E-state index in [9.17, 15) is 4.79 Å². The van der Waals surface area contributed by atoms with E-state index in [-0.39, 0.29) is 11.9 Å². The Bertz CT molecular complexity index is 1150. The second-order valence-corrected chi connectivity index (χ2v) is 7.93. The van der Waals surface area contributed by atoms with Crippen LogP contribution in [0.5, 0.6) is 0 Å². The molecule has 0 atom stereocenters. The number of nitrogens with zero attached hydrogens (tertiary/aromatic N) is 5. The lowest BCUT2D eigenvalue weighted by Crippen LogP contribution is -2.36. The van der Waals surface area contributed by atoms with Crippen LogP contribution in [-0.2, 0) is 17.6 Å². The van der Waals surface area contributed by atoms with Crippen molar-refractivity contribution in [3.8, 4) is 11.4 Å². The summed E-state index contributed by atoms with van der Waals surface area (Å²) in [6.07, 6.45) is 5.23. The summed E-state index contributed by atoms with van der Waals surface area (Å²) in [7, 11) is 0. The lowest BCUT2D eigenvalue weighted by Gasteiger charge is -2.11. The highest BCUT2D eigenvalue weighted by Gasteiger charge is 2.22. The number of thioether (sulfide) groups is 1. The summed E-state index contributed by atoms with van der Waals surface area (Å²) < 4.78 is 1.69. The fourth-order valence-corrected chi connectivity index (χ4v) is 4.26. The highest BCUT2D eigenvalue weighted by molar-refractivity contribution is 7.99. The van der Waals surface area contributed by atoms with Crippen LogP contribution >= 0.6 is 11.8 Å².